The van der Waals surface area contributed by atoms with E-state index < -0.39 is 0 Å². The summed E-state index contributed by atoms with van der Waals surface area (Å²) in [5, 5.41) is 7.02. The van der Waals surface area contributed by atoms with Crippen molar-refractivity contribution in [2.24, 2.45) is 4.99 Å². The van der Waals surface area contributed by atoms with Gasteiger partial charge >= 0.3 is 0 Å². The number of likely N-dealkylation sites (tertiary alicyclic amines) is 1. The van der Waals surface area contributed by atoms with E-state index >= 15 is 0 Å². The summed E-state index contributed by atoms with van der Waals surface area (Å²) in [4.78, 5) is 7.53. The molecule has 26 heavy (non-hydrogen) atoms. The number of halogens is 1. The van der Waals surface area contributed by atoms with Crippen LogP contribution in [0.5, 0.6) is 0 Å². The monoisotopic (exact) mass is 498 g/mol. The first-order chi connectivity index (χ1) is 12.0. The fourth-order valence-corrected chi connectivity index (χ4v) is 4.45. The summed E-state index contributed by atoms with van der Waals surface area (Å²) in [6.45, 7) is 13.6. The second-order valence-corrected chi connectivity index (χ2v) is 9.18. The maximum Gasteiger partial charge on any atom is 0.191 e. The number of hydrogen-bond acceptors (Lipinski definition) is 4. The van der Waals surface area contributed by atoms with Crippen LogP contribution in [0, 0.1) is 0 Å². The molecule has 0 bridgehead atoms. The SMILES string of the molecule is CCNC(=NCC(C)(C)N1CCCCC1)NCC1(SC)CCOCC1.I. The lowest BCUT2D eigenvalue weighted by atomic mass is 9.98. The molecule has 2 saturated heterocycles. The van der Waals surface area contributed by atoms with Crippen LogP contribution in [0.15, 0.2) is 4.99 Å². The molecule has 5 nitrogen and oxygen atoms in total. The molecule has 0 aromatic heterocycles. The summed E-state index contributed by atoms with van der Waals surface area (Å²) >= 11 is 1.97. The Hall–Kier alpha value is 0.270. The molecule has 0 atom stereocenters. The molecule has 0 unspecified atom stereocenters. The van der Waals surface area contributed by atoms with Crippen molar-refractivity contribution in [1.29, 1.82) is 0 Å². The van der Waals surface area contributed by atoms with Crippen molar-refractivity contribution in [2.45, 2.75) is 63.2 Å². The Morgan fingerprint density at radius 1 is 1.15 bits per heavy atom. The molecule has 2 heterocycles. The van der Waals surface area contributed by atoms with Crippen molar-refractivity contribution in [3.05, 3.63) is 0 Å². The lowest BCUT2D eigenvalue weighted by Gasteiger charge is -2.40. The number of hydrogen-bond donors (Lipinski definition) is 2. The molecule has 2 fully saturated rings. The molecule has 0 aliphatic carbocycles. The number of piperidine rings is 1. The minimum Gasteiger partial charge on any atom is -0.381 e. The molecule has 0 amide bonds. The van der Waals surface area contributed by atoms with Gasteiger partial charge in [-0.2, -0.15) is 11.8 Å². The van der Waals surface area contributed by atoms with E-state index in [0.29, 0.717) is 0 Å². The number of nitrogens with zero attached hydrogens (tertiary/aromatic N) is 2. The second-order valence-electron chi connectivity index (χ2n) is 7.91. The molecule has 2 aliphatic heterocycles. The predicted octanol–water partition coefficient (Wildman–Crippen LogP) is 3.34. The van der Waals surface area contributed by atoms with E-state index in [2.05, 4.69) is 42.6 Å². The number of ether oxygens (including phenoxy) is 1. The molecule has 0 spiro atoms. The highest BCUT2D eigenvalue weighted by molar-refractivity contribution is 14.0. The van der Waals surface area contributed by atoms with Gasteiger partial charge in [-0.1, -0.05) is 6.42 Å². The third-order valence-corrected chi connectivity index (χ3v) is 7.01. The first-order valence-electron chi connectivity index (χ1n) is 9.91. The summed E-state index contributed by atoms with van der Waals surface area (Å²) in [6, 6.07) is 0. The van der Waals surface area contributed by atoms with E-state index in [1.165, 1.54) is 32.4 Å². The smallest absolute Gasteiger partial charge is 0.191 e. The van der Waals surface area contributed by atoms with Crippen molar-refractivity contribution >= 4 is 41.7 Å². The summed E-state index contributed by atoms with van der Waals surface area (Å²) in [5.74, 6) is 0.951. The van der Waals surface area contributed by atoms with Crippen molar-refractivity contribution in [2.75, 3.05) is 52.2 Å². The molecule has 0 radical (unpaired) electrons. The number of nitrogens with one attached hydrogen (secondary N) is 2. The molecular formula is C19H39IN4OS. The van der Waals surface area contributed by atoms with Gasteiger partial charge in [0.25, 0.3) is 0 Å². The van der Waals surface area contributed by atoms with Crippen LogP contribution in [0.1, 0.15) is 52.9 Å². The van der Waals surface area contributed by atoms with Gasteiger partial charge in [0, 0.05) is 36.6 Å². The van der Waals surface area contributed by atoms with Gasteiger partial charge in [0.05, 0.1) is 6.54 Å². The maximum absolute atomic E-state index is 5.55. The van der Waals surface area contributed by atoms with Gasteiger partial charge in [0.1, 0.15) is 0 Å². The van der Waals surface area contributed by atoms with E-state index in [0.717, 1.165) is 51.6 Å². The Balaban J connectivity index is 0.00000338. The summed E-state index contributed by atoms with van der Waals surface area (Å²) < 4.78 is 5.82. The third-order valence-electron chi connectivity index (χ3n) is 5.60. The second kappa shape index (κ2) is 12.0. The van der Waals surface area contributed by atoms with Gasteiger partial charge in [-0.15, -0.1) is 24.0 Å². The molecule has 7 heteroatoms. The molecule has 0 aromatic rings. The van der Waals surface area contributed by atoms with Crippen LogP contribution in [0.4, 0.5) is 0 Å². The van der Waals surface area contributed by atoms with Crippen LogP contribution in [-0.2, 0) is 4.74 Å². The first-order valence-corrected chi connectivity index (χ1v) is 11.1. The van der Waals surface area contributed by atoms with Crippen LogP contribution in [-0.4, -0.2) is 73.3 Å². The number of aliphatic imine (C=N–C) groups is 1. The van der Waals surface area contributed by atoms with Crippen LogP contribution in [0.2, 0.25) is 0 Å². The molecule has 0 saturated carbocycles. The largest absolute Gasteiger partial charge is 0.381 e. The van der Waals surface area contributed by atoms with Crippen molar-refractivity contribution < 1.29 is 4.74 Å². The summed E-state index contributed by atoms with van der Waals surface area (Å²) in [5.41, 5.74) is 0.124. The minimum atomic E-state index is 0. The van der Waals surface area contributed by atoms with Crippen LogP contribution < -0.4 is 10.6 Å². The maximum atomic E-state index is 5.55. The molecule has 2 rings (SSSR count). The third kappa shape index (κ3) is 7.36. The zero-order valence-electron chi connectivity index (χ0n) is 17.1. The lowest BCUT2D eigenvalue weighted by Crippen LogP contribution is -2.51. The van der Waals surface area contributed by atoms with E-state index in [4.69, 9.17) is 9.73 Å². The van der Waals surface area contributed by atoms with E-state index in [1.807, 2.05) is 11.8 Å². The Bertz CT molecular complexity index is 422. The highest BCUT2D eigenvalue weighted by Crippen LogP contribution is 2.33. The number of guanidine groups is 1. The van der Waals surface area contributed by atoms with Crippen molar-refractivity contribution in [3.63, 3.8) is 0 Å². The van der Waals surface area contributed by atoms with Gasteiger partial charge in [0.2, 0.25) is 0 Å². The van der Waals surface area contributed by atoms with Gasteiger partial charge in [-0.05, 0) is 65.8 Å². The standard InChI is InChI=1S/C19H38N4OS.HI/c1-5-20-17(22-16-19(25-4)9-13-24-14-10-19)21-15-18(2,3)23-11-7-6-8-12-23;/h5-16H2,1-4H3,(H2,20,21,22);1H. The highest BCUT2D eigenvalue weighted by Gasteiger charge is 2.32. The predicted molar refractivity (Wildman–Crippen MR) is 125 cm³/mol. The highest BCUT2D eigenvalue weighted by atomic mass is 127. The Labute approximate surface area is 181 Å². The fourth-order valence-electron chi connectivity index (χ4n) is 3.65. The van der Waals surface area contributed by atoms with E-state index in [1.54, 1.807) is 0 Å². The molecule has 0 aromatic carbocycles. The zero-order valence-corrected chi connectivity index (χ0v) is 20.3. The van der Waals surface area contributed by atoms with E-state index in [9.17, 15) is 0 Å². The van der Waals surface area contributed by atoms with Gasteiger partial charge < -0.3 is 15.4 Å². The van der Waals surface area contributed by atoms with Gasteiger partial charge in [-0.25, -0.2) is 0 Å². The van der Waals surface area contributed by atoms with Crippen molar-refractivity contribution in [1.82, 2.24) is 15.5 Å². The van der Waals surface area contributed by atoms with Crippen LogP contribution in [0.25, 0.3) is 0 Å². The molecule has 2 N–H and O–H groups in total. The molecule has 2 aliphatic rings. The molecular weight excluding hydrogens is 459 g/mol. The number of rotatable bonds is 7. The Morgan fingerprint density at radius 2 is 1.81 bits per heavy atom. The molecule has 154 valence electrons. The first kappa shape index (κ1) is 24.3. The quantitative estimate of drug-likeness (QED) is 0.321. The van der Waals surface area contributed by atoms with Gasteiger partial charge in [0.15, 0.2) is 5.96 Å². The Kier molecular flexibility index (Phi) is 11.2. The minimum absolute atomic E-state index is 0. The number of thioether (sulfide) groups is 1. The van der Waals surface area contributed by atoms with Gasteiger partial charge in [-0.3, -0.25) is 9.89 Å². The summed E-state index contributed by atoms with van der Waals surface area (Å²) in [7, 11) is 0. The normalized spacial score (nSPS) is 21.8. The summed E-state index contributed by atoms with van der Waals surface area (Å²) in [6.07, 6.45) is 8.46. The lowest BCUT2D eigenvalue weighted by molar-refractivity contribution is 0.0782. The Morgan fingerprint density at radius 3 is 2.38 bits per heavy atom. The van der Waals surface area contributed by atoms with Crippen LogP contribution in [0.3, 0.4) is 0 Å². The zero-order chi connectivity index (χ0) is 18.2. The van der Waals surface area contributed by atoms with E-state index in [-0.39, 0.29) is 34.3 Å². The van der Waals surface area contributed by atoms with Crippen LogP contribution >= 0.6 is 35.7 Å². The average Bonchev–Trinajstić information content (AvgIpc) is 2.65. The topological polar surface area (TPSA) is 48.9 Å². The average molecular weight is 499 g/mol. The fraction of sp³-hybridized carbons (Fsp3) is 0.947. The van der Waals surface area contributed by atoms with Crippen molar-refractivity contribution in [3.8, 4) is 0 Å².